The second-order valence-electron chi connectivity index (χ2n) is 2.92. The van der Waals surface area contributed by atoms with Crippen LogP contribution in [0.25, 0.3) is 0 Å². The summed E-state index contributed by atoms with van der Waals surface area (Å²) in [6.45, 7) is 2.85. The van der Waals surface area contributed by atoms with Crippen LogP contribution in [0.2, 0.25) is 0 Å². The molecule has 1 rings (SSSR count). The lowest BCUT2D eigenvalue weighted by Crippen LogP contribution is -2.32. The maximum atomic E-state index is 11.2. The Morgan fingerprint density at radius 2 is 2.31 bits per heavy atom. The van der Waals surface area contributed by atoms with Crippen molar-refractivity contribution in [3.63, 3.8) is 0 Å². The van der Waals surface area contributed by atoms with Crippen molar-refractivity contribution < 1.29 is 4.79 Å². The Hall–Kier alpha value is -1.77. The largest absolute Gasteiger partial charge is 0.298 e. The van der Waals surface area contributed by atoms with Crippen LogP contribution < -0.4 is 0 Å². The Morgan fingerprint density at radius 3 is 2.62 bits per heavy atom. The molecule has 0 fully saturated rings. The van der Waals surface area contributed by atoms with Crippen molar-refractivity contribution in [2.24, 2.45) is 7.05 Å². The number of hydrogen-bond acceptors (Lipinski definition) is 5. The summed E-state index contributed by atoms with van der Waals surface area (Å²) in [6, 6.07) is 1.91. The number of aromatic nitrogens is 4. The molecular formula is C7H9N5O. The van der Waals surface area contributed by atoms with Gasteiger partial charge in [0.05, 0.1) is 6.07 Å². The first-order valence-electron chi connectivity index (χ1n) is 3.67. The summed E-state index contributed by atoms with van der Waals surface area (Å²) < 4.78 is 1.32. The third kappa shape index (κ3) is 1.28. The summed E-state index contributed by atoms with van der Waals surface area (Å²) in [7, 11) is 1.59. The molecule has 0 saturated heterocycles. The van der Waals surface area contributed by atoms with Crippen molar-refractivity contribution in [2.45, 2.75) is 19.3 Å². The van der Waals surface area contributed by atoms with Gasteiger partial charge in [0, 0.05) is 7.05 Å². The molecule has 0 aromatic carbocycles. The van der Waals surface area contributed by atoms with Crippen LogP contribution in [0.3, 0.4) is 0 Å². The molecule has 1 unspecified atom stereocenters. The standard InChI is InChI=1S/C7H9N5O/c1-5(13)7(2,4-8)6-9-10-11-12(6)3/h1-3H3. The predicted octanol–water partition coefficient (Wildman–Crippen LogP) is -0.420. The lowest BCUT2D eigenvalue weighted by atomic mass is 9.87. The topological polar surface area (TPSA) is 84.5 Å². The second-order valence-corrected chi connectivity index (χ2v) is 2.92. The van der Waals surface area contributed by atoms with Crippen molar-refractivity contribution in [3.8, 4) is 6.07 Å². The Balaban J connectivity index is 3.28. The van der Waals surface area contributed by atoms with Crippen LogP contribution in [0.5, 0.6) is 0 Å². The van der Waals surface area contributed by atoms with Crippen LogP contribution in [0.15, 0.2) is 0 Å². The molecule has 0 spiro atoms. The zero-order chi connectivity index (χ0) is 10.1. The molecule has 1 aromatic heterocycles. The van der Waals surface area contributed by atoms with Gasteiger partial charge in [0.15, 0.2) is 17.0 Å². The molecule has 0 aliphatic carbocycles. The minimum atomic E-state index is -1.25. The van der Waals surface area contributed by atoms with Gasteiger partial charge in [-0.05, 0) is 24.3 Å². The van der Waals surface area contributed by atoms with Gasteiger partial charge >= 0.3 is 0 Å². The average molecular weight is 179 g/mol. The van der Waals surface area contributed by atoms with E-state index in [4.69, 9.17) is 5.26 Å². The molecule has 1 atom stereocenters. The first kappa shape index (κ1) is 9.32. The van der Waals surface area contributed by atoms with Gasteiger partial charge in [-0.1, -0.05) is 0 Å². The monoisotopic (exact) mass is 179 g/mol. The van der Waals surface area contributed by atoms with Gasteiger partial charge in [-0.25, -0.2) is 4.68 Å². The maximum Gasteiger partial charge on any atom is 0.178 e. The number of tetrazole rings is 1. The number of carbonyl (C=O) groups is 1. The van der Waals surface area contributed by atoms with E-state index in [1.54, 1.807) is 7.05 Å². The van der Waals surface area contributed by atoms with E-state index in [0.29, 0.717) is 0 Å². The Bertz CT molecular complexity index is 376. The van der Waals surface area contributed by atoms with Crippen molar-refractivity contribution in [1.29, 1.82) is 5.26 Å². The average Bonchev–Trinajstić information content (AvgIpc) is 2.50. The zero-order valence-corrected chi connectivity index (χ0v) is 7.64. The van der Waals surface area contributed by atoms with Crippen LogP contribution in [-0.2, 0) is 17.3 Å². The zero-order valence-electron chi connectivity index (χ0n) is 7.64. The van der Waals surface area contributed by atoms with Gasteiger partial charge in [-0.3, -0.25) is 4.79 Å². The summed E-state index contributed by atoms with van der Waals surface area (Å²) in [4.78, 5) is 11.2. The second kappa shape index (κ2) is 2.94. The lowest BCUT2D eigenvalue weighted by molar-refractivity contribution is -0.120. The highest BCUT2D eigenvalue weighted by Crippen LogP contribution is 2.20. The molecule has 1 aromatic rings. The SMILES string of the molecule is CC(=O)C(C)(C#N)c1nnnn1C. The molecular weight excluding hydrogens is 170 g/mol. The first-order valence-corrected chi connectivity index (χ1v) is 3.67. The van der Waals surface area contributed by atoms with Gasteiger partial charge in [0.1, 0.15) is 0 Å². The first-order chi connectivity index (χ1) is 6.02. The van der Waals surface area contributed by atoms with Crippen LogP contribution in [0, 0.1) is 11.3 Å². The van der Waals surface area contributed by atoms with E-state index >= 15 is 0 Å². The Morgan fingerprint density at radius 1 is 1.69 bits per heavy atom. The highest BCUT2D eigenvalue weighted by Gasteiger charge is 2.37. The number of hydrogen-bond donors (Lipinski definition) is 0. The lowest BCUT2D eigenvalue weighted by Gasteiger charge is -2.14. The molecule has 0 amide bonds. The van der Waals surface area contributed by atoms with Crippen molar-refractivity contribution >= 4 is 5.78 Å². The van der Waals surface area contributed by atoms with E-state index in [2.05, 4.69) is 15.5 Å². The Labute approximate surface area is 75.2 Å². The number of ketones is 1. The van der Waals surface area contributed by atoms with Crippen molar-refractivity contribution in [1.82, 2.24) is 20.2 Å². The fourth-order valence-electron chi connectivity index (χ4n) is 0.939. The van der Waals surface area contributed by atoms with Gasteiger partial charge in [0.25, 0.3) is 0 Å². The normalized spacial score (nSPS) is 14.6. The van der Waals surface area contributed by atoms with Crippen LogP contribution in [0.4, 0.5) is 0 Å². The molecule has 6 heteroatoms. The molecule has 0 aliphatic rings. The summed E-state index contributed by atoms with van der Waals surface area (Å²) in [6.07, 6.45) is 0. The van der Waals surface area contributed by atoms with Crippen molar-refractivity contribution in [3.05, 3.63) is 5.82 Å². The van der Waals surface area contributed by atoms with E-state index in [0.717, 1.165) is 0 Å². The highest BCUT2D eigenvalue weighted by atomic mass is 16.1. The summed E-state index contributed by atoms with van der Waals surface area (Å²) in [5.41, 5.74) is -1.25. The number of nitrogens with zero attached hydrogens (tertiary/aromatic N) is 5. The highest BCUT2D eigenvalue weighted by molar-refractivity contribution is 5.89. The minimum Gasteiger partial charge on any atom is -0.298 e. The van der Waals surface area contributed by atoms with E-state index in [1.165, 1.54) is 18.5 Å². The quantitative estimate of drug-likeness (QED) is 0.615. The number of aryl methyl sites for hydroxylation is 1. The molecule has 6 nitrogen and oxygen atoms in total. The third-order valence-corrected chi connectivity index (χ3v) is 2.00. The molecule has 0 bridgehead atoms. The molecule has 0 radical (unpaired) electrons. The van der Waals surface area contributed by atoms with Gasteiger partial charge in [-0.2, -0.15) is 5.26 Å². The van der Waals surface area contributed by atoms with Crippen LogP contribution in [0.1, 0.15) is 19.7 Å². The van der Waals surface area contributed by atoms with Gasteiger partial charge in [0.2, 0.25) is 0 Å². The molecule has 13 heavy (non-hydrogen) atoms. The minimum absolute atomic E-state index is 0.266. The van der Waals surface area contributed by atoms with E-state index in [9.17, 15) is 4.79 Å². The smallest absolute Gasteiger partial charge is 0.178 e. The predicted molar refractivity (Wildman–Crippen MR) is 42.4 cm³/mol. The number of rotatable bonds is 2. The molecule has 1 heterocycles. The Kier molecular flexibility index (Phi) is 2.10. The number of nitriles is 1. The van der Waals surface area contributed by atoms with E-state index in [-0.39, 0.29) is 11.6 Å². The number of carbonyl (C=O) groups excluding carboxylic acids is 1. The van der Waals surface area contributed by atoms with Crippen molar-refractivity contribution in [2.75, 3.05) is 0 Å². The van der Waals surface area contributed by atoms with Gasteiger partial charge < -0.3 is 0 Å². The fraction of sp³-hybridized carbons (Fsp3) is 0.571. The molecule has 0 aliphatic heterocycles. The molecule has 0 N–H and O–H groups in total. The van der Waals surface area contributed by atoms with Crippen LogP contribution >= 0.6 is 0 Å². The molecule has 0 saturated carbocycles. The fourth-order valence-corrected chi connectivity index (χ4v) is 0.939. The van der Waals surface area contributed by atoms with Gasteiger partial charge in [-0.15, -0.1) is 5.10 Å². The maximum absolute atomic E-state index is 11.2. The van der Waals surface area contributed by atoms with E-state index < -0.39 is 5.41 Å². The number of Topliss-reactive ketones (excluding diaryl/α,β-unsaturated/α-hetero) is 1. The third-order valence-electron chi connectivity index (χ3n) is 2.00. The summed E-state index contributed by atoms with van der Waals surface area (Å²) in [5.74, 6) is -0.00426. The summed E-state index contributed by atoms with van der Waals surface area (Å²) in [5, 5.41) is 19.5. The summed E-state index contributed by atoms with van der Waals surface area (Å²) >= 11 is 0. The van der Waals surface area contributed by atoms with E-state index in [1.807, 2.05) is 6.07 Å². The van der Waals surface area contributed by atoms with Crippen LogP contribution in [-0.4, -0.2) is 26.0 Å². The molecule has 68 valence electrons.